The fraction of sp³-hybridized carbons (Fsp3) is 0.304. The number of alkyl halides is 3. The molecule has 4 amide bonds. The molecule has 1 N–H and O–H groups in total. The van der Waals surface area contributed by atoms with Gasteiger partial charge in [-0.2, -0.15) is 13.2 Å². The van der Waals surface area contributed by atoms with Crippen molar-refractivity contribution in [1.29, 1.82) is 0 Å². The zero-order valence-electron chi connectivity index (χ0n) is 20.4. The molecule has 5 heterocycles. The molecule has 2 aliphatic rings. The molecule has 5 rings (SSSR count). The minimum absolute atomic E-state index is 0.111. The fourth-order valence-corrected chi connectivity index (χ4v) is 4.18. The van der Waals surface area contributed by atoms with Gasteiger partial charge < -0.3 is 19.6 Å². The lowest BCUT2D eigenvalue weighted by Gasteiger charge is -2.42. The summed E-state index contributed by atoms with van der Waals surface area (Å²) in [7, 11) is 1.51. The molecule has 3 aromatic rings. The van der Waals surface area contributed by atoms with Gasteiger partial charge in [0.15, 0.2) is 12.2 Å². The minimum atomic E-state index is -4.68. The molecule has 0 aromatic carbocycles. The van der Waals surface area contributed by atoms with Gasteiger partial charge in [0, 0.05) is 31.1 Å². The normalized spacial score (nSPS) is 19.9. The SMILES string of the molecule is C[C@@H](C(=O)Nc1cccc(-c2cnc(C(F)(F)F)nc2)n1)N1C=NC2C1C(=O)N(Cc1ccon1)C(=O)N2C. The van der Waals surface area contributed by atoms with E-state index in [4.69, 9.17) is 4.52 Å². The van der Waals surface area contributed by atoms with E-state index in [0.717, 1.165) is 17.3 Å². The lowest BCUT2D eigenvalue weighted by Crippen LogP contribution is -2.66. The number of fused-ring (bicyclic) bond motifs is 1. The van der Waals surface area contributed by atoms with Gasteiger partial charge in [0.2, 0.25) is 11.7 Å². The quantitative estimate of drug-likeness (QED) is 0.492. The Balaban J connectivity index is 1.30. The van der Waals surface area contributed by atoms with Crippen LogP contribution in [0.25, 0.3) is 11.3 Å². The summed E-state index contributed by atoms with van der Waals surface area (Å²) in [6.07, 6.45) is -0.842. The molecule has 202 valence electrons. The number of hydrogen-bond donors (Lipinski definition) is 1. The average molecular weight is 543 g/mol. The van der Waals surface area contributed by atoms with E-state index in [1.807, 2.05) is 0 Å². The van der Waals surface area contributed by atoms with Crippen LogP contribution < -0.4 is 5.32 Å². The van der Waals surface area contributed by atoms with Crippen LogP contribution in [0.3, 0.4) is 0 Å². The number of likely N-dealkylation sites (N-methyl/N-ethyl adjacent to an activating group) is 1. The Morgan fingerprint density at radius 2 is 1.92 bits per heavy atom. The van der Waals surface area contributed by atoms with Crippen molar-refractivity contribution in [2.75, 3.05) is 12.4 Å². The number of halogens is 3. The molecule has 16 heteroatoms. The Morgan fingerprint density at radius 3 is 2.59 bits per heavy atom. The first-order valence-corrected chi connectivity index (χ1v) is 11.5. The molecule has 0 bridgehead atoms. The first-order valence-electron chi connectivity index (χ1n) is 11.5. The van der Waals surface area contributed by atoms with Gasteiger partial charge in [0.25, 0.3) is 5.91 Å². The maximum atomic E-state index is 13.3. The zero-order chi connectivity index (χ0) is 27.9. The minimum Gasteiger partial charge on any atom is -0.364 e. The number of carbonyl (C=O) groups excluding carboxylic acids is 3. The van der Waals surface area contributed by atoms with Crippen LogP contribution in [-0.4, -0.2) is 84.3 Å². The molecule has 0 aliphatic carbocycles. The first-order chi connectivity index (χ1) is 18.5. The number of anilines is 1. The van der Waals surface area contributed by atoms with Crippen LogP contribution in [0, 0.1) is 0 Å². The smallest absolute Gasteiger partial charge is 0.364 e. The van der Waals surface area contributed by atoms with Crippen LogP contribution in [-0.2, 0) is 22.3 Å². The maximum Gasteiger partial charge on any atom is 0.451 e. The predicted molar refractivity (Wildman–Crippen MR) is 126 cm³/mol. The molecule has 3 aromatic heterocycles. The summed E-state index contributed by atoms with van der Waals surface area (Å²) in [5.41, 5.74) is 0.835. The van der Waals surface area contributed by atoms with Crippen molar-refractivity contribution in [3.05, 3.63) is 54.4 Å². The van der Waals surface area contributed by atoms with Crippen molar-refractivity contribution in [1.82, 2.24) is 34.8 Å². The van der Waals surface area contributed by atoms with Crippen molar-refractivity contribution >= 4 is 30.0 Å². The molecule has 2 unspecified atom stereocenters. The summed E-state index contributed by atoms with van der Waals surface area (Å²) in [4.78, 5) is 58.3. The molecule has 1 fully saturated rings. The van der Waals surface area contributed by atoms with Crippen molar-refractivity contribution in [2.24, 2.45) is 4.99 Å². The number of nitrogens with one attached hydrogen (secondary N) is 1. The number of aliphatic imine (C=N–C) groups is 1. The van der Waals surface area contributed by atoms with Gasteiger partial charge >= 0.3 is 12.2 Å². The largest absolute Gasteiger partial charge is 0.451 e. The summed E-state index contributed by atoms with van der Waals surface area (Å²) in [5.74, 6) is -2.25. The second kappa shape index (κ2) is 9.77. The number of urea groups is 1. The standard InChI is InChI=1S/C23H20F3N9O4/c1-12(19(36)31-16-5-3-4-15(30-16)13-8-27-21(28-9-13)23(24,25)26)35-11-29-18-17(35)20(37)34(22(38)33(18)2)10-14-6-7-39-32-14/h3-9,11-12,17-18H,10H2,1-2H3,(H,30,31,36)/t12-,17?,18?/m0/s1. The molecule has 3 atom stereocenters. The number of aromatic nitrogens is 4. The third-order valence-corrected chi connectivity index (χ3v) is 6.24. The fourth-order valence-electron chi connectivity index (χ4n) is 4.18. The topological polar surface area (TPSA) is 150 Å². The van der Waals surface area contributed by atoms with E-state index in [1.165, 1.54) is 47.6 Å². The Kier molecular flexibility index (Phi) is 6.45. The third kappa shape index (κ3) is 4.87. The van der Waals surface area contributed by atoms with E-state index in [2.05, 4.69) is 30.4 Å². The molecule has 1 saturated heterocycles. The number of hydrogen-bond acceptors (Lipinski definition) is 10. The van der Waals surface area contributed by atoms with Crippen LogP contribution in [0.4, 0.5) is 23.8 Å². The third-order valence-electron chi connectivity index (χ3n) is 6.24. The van der Waals surface area contributed by atoms with Gasteiger partial charge in [-0.05, 0) is 19.1 Å². The summed E-state index contributed by atoms with van der Waals surface area (Å²) in [5, 5.41) is 6.39. The monoisotopic (exact) mass is 543 g/mol. The highest BCUT2D eigenvalue weighted by molar-refractivity contribution is 6.03. The first kappa shape index (κ1) is 25.7. The summed E-state index contributed by atoms with van der Waals surface area (Å²) in [6, 6.07) is 3.68. The second-order valence-corrected chi connectivity index (χ2v) is 8.75. The highest BCUT2D eigenvalue weighted by atomic mass is 19.4. The van der Waals surface area contributed by atoms with E-state index < -0.39 is 48.1 Å². The number of pyridine rings is 1. The predicted octanol–water partition coefficient (Wildman–Crippen LogP) is 2.01. The van der Waals surface area contributed by atoms with E-state index in [1.54, 1.807) is 13.0 Å². The summed E-state index contributed by atoms with van der Waals surface area (Å²) in [6.45, 7) is 1.45. The van der Waals surface area contributed by atoms with E-state index in [0.29, 0.717) is 5.69 Å². The van der Waals surface area contributed by atoms with Gasteiger partial charge in [0.05, 0.1) is 18.6 Å². The van der Waals surface area contributed by atoms with Crippen LogP contribution in [0.15, 0.2) is 52.4 Å². The molecular formula is C23H20F3N9O4. The van der Waals surface area contributed by atoms with Crippen molar-refractivity contribution in [2.45, 2.75) is 37.9 Å². The van der Waals surface area contributed by atoms with Gasteiger partial charge in [-0.15, -0.1) is 0 Å². The van der Waals surface area contributed by atoms with Crippen molar-refractivity contribution < 1.29 is 32.1 Å². The van der Waals surface area contributed by atoms with Crippen LogP contribution >= 0.6 is 0 Å². The molecular weight excluding hydrogens is 523 g/mol. The van der Waals surface area contributed by atoms with Gasteiger partial charge in [-0.3, -0.25) is 14.5 Å². The van der Waals surface area contributed by atoms with Gasteiger partial charge in [-0.1, -0.05) is 11.2 Å². The summed E-state index contributed by atoms with van der Waals surface area (Å²) < 4.78 is 43.1. The number of rotatable bonds is 6. The average Bonchev–Trinajstić information content (AvgIpc) is 3.60. The lowest BCUT2D eigenvalue weighted by atomic mass is 10.1. The summed E-state index contributed by atoms with van der Waals surface area (Å²) >= 11 is 0. The number of imide groups is 1. The lowest BCUT2D eigenvalue weighted by molar-refractivity contribution is -0.145. The Hall–Kier alpha value is -4.89. The van der Waals surface area contributed by atoms with Crippen LogP contribution in [0.5, 0.6) is 0 Å². The van der Waals surface area contributed by atoms with Crippen molar-refractivity contribution in [3.63, 3.8) is 0 Å². The Morgan fingerprint density at radius 1 is 1.18 bits per heavy atom. The van der Waals surface area contributed by atoms with Gasteiger partial charge in [0.1, 0.15) is 23.8 Å². The van der Waals surface area contributed by atoms with Crippen molar-refractivity contribution in [3.8, 4) is 11.3 Å². The molecule has 0 spiro atoms. The van der Waals surface area contributed by atoms with Gasteiger partial charge in [-0.25, -0.2) is 24.7 Å². The Labute approximate surface area is 218 Å². The maximum absolute atomic E-state index is 13.3. The Bertz CT molecular complexity index is 1430. The van der Waals surface area contributed by atoms with Crippen LogP contribution in [0.1, 0.15) is 18.4 Å². The number of carbonyl (C=O) groups is 3. The molecule has 39 heavy (non-hydrogen) atoms. The number of nitrogens with zero attached hydrogens (tertiary/aromatic N) is 8. The molecule has 13 nitrogen and oxygen atoms in total. The molecule has 0 radical (unpaired) electrons. The molecule has 2 aliphatic heterocycles. The highest BCUT2D eigenvalue weighted by Crippen LogP contribution is 2.29. The second-order valence-electron chi connectivity index (χ2n) is 8.75. The van der Waals surface area contributed by atoms with E-state index in [-0.39, 0.29) is 23.6 Å². The van der Waals surface area contributed by atoms with E-state index in [9.17, 15) is 27.6 Å². The highest BCUT2D eigenvalue weighted by Gasteiger charge is 2.51. The van der Waals surface area contributed by atoms with Crippen LogP contribution in [0.2, 0.25) is 0 Å². The molecule has 0 saturated carbocycles. The number of amides is 4. The van der Waals surface area contributed by atoms with E-state index >= 15 is 0 Å². The zero-order valence-corrected chi connectivity index (χ0v) is 20.4.